The van der Waals surface area contributed by atoms with Gasteiger partial charge in [0.1, 0.15) is 5.92 Å². The third-order valence-electron chi connectivity index (χ3n) is 3.15. The largest absolute Gasteiger partial charge is 0.481 e. The molecule has 0 amide bonds. The average Bonchev–Trinajstić information content (AvgIpc) is 2.40. The van der Waals surface area contributed by atoms with Gasteiger partial charge in [-0.3, -0.25) is 14.8 Å². The number of aromatic nitrogens is 2. The topological polar surface area (TPSA) is 63.1 Å². The normalized spacial score (nSPS) is 12.1. The fourth-order valence-corrected chi connectivity index (χ4v) is 1.90. The number of hydrogen-bond acceptors (Lipinski definition) is 3. The van der Waals surface area contributed by atoms with Gasteiger partial charge in [0.2, 0.25) is 0 Å². The van der Waals surface area contributed by atoms with Crippen LogP contribution in [0.1, 0.15) is 28.6 Å². The fraction of sp³-hybridized carbons (Fsp3) is 0.267. The Bertz CT molecular complexity index is 582. The van der Waals surface area contributed by atoms with Crippen LogP contribution >= 0.6 is 0 Å². The van der Waals surface area contributed by atoms with E-state index in [1.54, 1.807) is 6.20 Å². The summed E-state index contributed by atoms with van der Waals surface area (Å²) in [6.45, 7) is 3.70. The van der Waals surface area contributed by atoms with Crippen molar-refractivity contribution in [2.24, 2.45) is 0 Å². The Hall–Kier alpha value is -2.23. The highest BCUT2D eigenvalue weighted by molar-refractivity contribution is 5.75. The van der Waals surface area contributed by atoms with E-state index < -0.39 is 11.9 Å². The van der Waals surface area contributed by atoms with Crippen molar-refractivity contribution in [3.8, 4) is 0 Å². The fourth-order valence-electron chi connectivity index (χ4n) is 1.90. The summed E-state index contributed by atoms with van der Waals surface area (Å²) in [6, 6.07) is 9.56. The summed E-state index contributed by atoms with van der Waals surface area (Å²) in [6.07, 6.45) is 1.98. The molecule has 1 heterocycles. The molecule has 0 aliphatic rings. The van der Waals surface area contributed by atoms with E-state index in [-0.39, 0.29) is 0 Å². The molecule has 0 bridgehead atoms. The Morgan fingerprint density at radius 1 is 1.21 bits per heavy atom. The molecule has 4 nitrogen and oxygen atoms in total. The van der Waals surface area contributed by atoms with E-state index in [2.05, 4.69) is 9.97 Å². The molecule has 2 rings (SSSR count). The van der Waals surface area contributed by atoms with E-state index in [1.165, 1.54) is 0 Å². The summed E-state index contributed by atoms with van der Waals surface area (Å²) in [5.41, 5.74) is 3.10. The van der Waals surface area contributed by atoms with Crippen LogP contribution < -0.4 is 0 Å². The number of rotatable bonds is 4. The number of benzene rings is 1. The molecule has 19 heavy (non-hydrogen) atoms. The Morgan fingerprint density at radius 2 is 1.89 bits per heavy atom. The van der Waals surface area contributed by atoms with Crippen molar-refractivity contribution >= 4 is 5.97 Å². The lowest BCUT2D eigenvalue weighted by atomic mass is 9.96. The van der Waals surface area contributed by atoms with Gasteiger partial charge in [0.05, 0.1) is 17.1 Å². The first kappa shape index (κ1) is 13.2. The van der Waals surface area contributed by atoms with Crippen LogP contribution in [0.4, 0.5) is 0 Å². The van der Waals surface area contributed by atoms with Crippen LogP contribution in [-0.4, -0.2) is 21.0 Å². The summed E-state index contributed by atoms with van der Waals surface area (Å²) < 4.78 is 0. The van der Waals surface area contributed by atoms with Gasteiger partial charge >= 0.3 is 5.97 Å². The Labute approximate surface area is 112 Å². The number of aliphatic carboxylic acids is 1. The van der Waals surface area contributed by atoms with Gasteiger partial charge < -0.3 is 5.11 Å². The lowest BCUT2D eigenvalue weighted by Gasteiger charge is -2.12. The molecule has 2 aromatic rings. The predicted octanol–water partition coefficient (Wildman–Crippen LogP) is 2.50. The summed E-state index contributed by atoms with van der Waals surface area (Å²) in [5, 5.41) is 9.38. The number of carboxylic acids is 1. The molecule has 0 aliphatic carbocycles. The van der Waals surface area contributed by atoms with E-state index in [0.717, 1.165) is 17.0 Å². The van der Waals surface area contributed by atoms with Crippen molar-refractivity contribution in [1.29, 1.82) is 0 Å². The second kappa shape index (κ2) is 5.61. The van der Waals surface area contributed by atoms with E-state index in [0.29, 0.717) is 12.1 Å². The lowest BCUT2D eigenvalue weighted by Crippen LogP contribution is -2.17. The minimum absolute atomic E-state index is 0.424. The molecule has 0 fully saturated rings. The number of aryl methyl sites for hydroxylation is 2. The molecule has 1 aromatic heterocycles. The Balaban J connectivity index is 2.30. The van der Waals surface area contributed by atoms with Crippen LogP contribution in [-0.2, 0) is 11.2 Å². The van der Waals surface area contributed by atoms with Crippen molar-refractivity contribution in [1.82, 2.24) is 9.97 Å². The van der Waals surface area contributed by atoms with Gasteiger partial charge in [-0.05, 0) is 25.8 Å². The van der Waals surface area contributed by atoms with Gasteiger partial charge in [-0.1, -0.05) is 30.3 Å². The maximum absolute atomic E-state index is 11.4. The summed E-state index contributed by atoms with van der Waals surface area (Å²) >= 11 is 0. The maximum Gasteiger partial charge on any atom is 0.312 e. The van der Waals surface area contributed by atoms with E-state index >= 15 is 0 Å². The molecule has 1 N–H and O–H groups in total. The van der Waals surface area contributed by atoms with Gasteiger partial charge in [0.15, 0.2) is 0 Å². The standard InChI is InChI=1S/C15H16N2O2/c1-10-11(2)17-14(9-16-10)13(15(18)19)8-12-6-4-3-5-7-12/h3-7,9,13H,8H2,1-2H3,(H,18,19). The molecule has 1 aromatic carbocycles. The van der Waals surface area contributed by atoms with Crippen molar-refractivity contribution in [3.05, 3.63) is 59.2 Å². The Kier molecular flexibility index (Phi) is 3.90. The molecular formula is C15H16N2O2. The highest BCUT2D eigenvalue weighted by Gasteiger charge is 2.22. The van der Waals surface area contributed by atoms with Crippen molar-refractivity contribution in [3.63, 3.8) is 0 Å². The summed E-state index contributed by atoms with van der Waals surface area (Å²) in [7, 11) is 0. The van der Waals surface area contributed by atoms with Crippen LogP contribution in [0.15, 0.2) is 36.5 Å². The molecule has 0 aliphatic heterocycles. The second-order valence-corrected chi connectivity index (χ2v) is 4.55. The molecule has 1 unspecified atom stereocenters. The molecule has 0 spiro atoms. The van der Waals surface area contributed by atoms with Gasteiger partial charge in [-0.2, -0.15) is 0 Å². The molecule has 98 valence electrons. The van der Waals surface area contributed by atoms with Crippen LogP contribution in [0.3, 0.4) is 0 Å². The predicted molar refractivity (Wildman–Crippen MR) is 72.0 cm³/mol. The molecule has 0 saturated carbocycles. The minimum atomic E-state index is -0.874. The molecular weight excluding hydrogens is 240 g/mol. The maximum atomic E-state index is 11.4. The van der Waals surface area contributed by atoms with Crippen LogP contribution in [0.25, 0.3) is 0 Å². The van der Waals surface area contributed by atoms with Gasteiger partial charge in [0.25, 0.3) is 0 Å². The minimum Gasteiger partial charge on any atom is -0.481 e. The van der Waals surface area contributed by atoms with Gasteiger partial charge in [0, 0.05) is 6.20 Å². The first-order chi connectivity index (χ1) is 9.08. The SMILES string of the molecule is Cc1ncc(C(Cc2ccccc2)C(=O)O)nc1C. The smallest absolute Gasteiger partial charge is 0.312 e. The Morgan fingerprint density at radius 3 is 2.47 bits per heavy atom. The summed E-state index contributed by atoms with van der Waals surface area (Å²) in [4.78, 5) is 20.0. The zero-order valence-corrected chi connectivity index (χ0v) is 11.0. The number of nitrogens with zero attached hydrogens (tertiary/aromatic N) is 2. The van der Waals surface area contributed by atoms with Crippen molar-refractivity contribution in [2.45, 2.75) is 26.2 Å². The van der Waals surface area contributed by atoms with Crippen molar-refractivity contribution in [2.75, 3.05) is 0 Å². The highest BCUT2D eigenvalue weighted by Crippen LogP contribution is 2.20. The number of hydrogen-bond donors (Lipinski definition) is 1. The monoisotopic (exact) mass is 256 g/mol. The number of carboxylic acid groups (broad SMARTS) is 1. The van der Waals surface area contributed by atoms with Crippen LogP contribution in [0, 0.1) is 13.8 Å². The van der Waals surface area contributed by atoms with Gasteiger partial charge in [-0.15, -0.1) is 0 Å². The molecule has 0 radical (unpaired) electrons. The van der Waals surface area contributed by atoms with E-state index in [1.807, 2.05) is 44.2 Å². The zero-order chi connectivity index (χ0) is 13.8. The van der Waals surface area contributed by atoms with Crippen LogP contribution in [0.2, 0.25) is 0 Å². The summed E-state index contributed by atoms with van der Waals surface area (Å²) in [5.74, 6) is -1.53. The lowest BCUT2D eigenvalue weighted by molar-refractivity contribution is -0.138. The zero-order valence-electron chi connectivity index (χ0n) is 11.0. The quantitative estimate of drug-likeness (QED) is 0.913. The first-order valence-electron chi connectivity index (χ1n) is 6.15. The van der Waals surface area contributed by atoms with Crippen molar-refractivity contribution < 1.29 is 9.90 Å². The third-order valence-corrected chi connectivity index (χ3v) is 3.15. The highest BCUT2D eigenvalue weighted by atomic mass is 16.4. The van der Waals surface area contributed by atoms with Crippen LogP contribution in [0.5, 0.6) is 0 Å². The second-order valence-electron chi connectivity index (χ2n) is 4.55. The molecule has 1 atom stereocenters. The van der Waals surface area contributed by atoms with Gasteiger partial charge in [-0.25, -0.2) is 0 Å². The number of carbonyl (C=O) groups is 1. The first-order valence-corrected chi connectivity index (χ1v) is 6.15. The van der Waals surface area contributed by atoms with E-state index in [9.17, 15) is 9.90 Å². The average molecular weight is 256 g/mol. The van der Waals surface area contributed by atoms with E-state index in [4.69, 9.17) is 0 Å². The molecule has 4 heteroatoms. The molecule has 0 saturated heterocycles. The third kappa shape index (κ3) is 3.16.